The maximum atomic E-state index is 9.38. The minimum atomic E-state index is 0.230. The summed E-state index contributed by atoms with van der Waals surface area (Å²) < 4.78 is 5.75. The first-order valence-electron chi connectivity index (χ1n) is 7.60. The smallest absolute Gasteiger partial charge is 0.0702 e. The van der Waals surface area contributed by atoms with Crippen molar-refractivity contribution in [3.63, 3.8) is 0 Å². The molecule has 0 aromatic heterocycles. The fourth-order valence-corrected chi connectivity index (χ4v) is 3.42. The molecule has 1 saturated heterocycles. The summed E-state index contributed by atoms with van der Waals surface area (Å²) in [7, 11) is 0. The van der Waals surface area contributed by atoms with Crippen molar-refractivity contribution >= 4 is 0 Å². The predicted octanol–water partition coefficient (Wildman–Crippen LogP) is 2.96. The topological polar surface area (TPSA) is 36.3 Å². The first kappa shape index (κ1) is 13.8. The van der Waals surface area contributed by atoms with Gasteiger partial charge in [0.05, 0.1) is 18.1 Å². The molecule has 3 unspecified atom stereocenters. The lowest BCUT2D eigenvalue weighted by atomic mass is 9.94. The van der Waals surface area contributed by atoms with Crippen molar-refractivity contribution in [2.45, 2.75) is 64.0 Å². The number of hydrogen-bond donors (Lipinski definition) is 0. The quantitative estimate of drug-likeness (QED) is 0.720. The lowest BCUT2D eigenvalue weighted by Gasteiger charge is -2.34. The summed E-state index contributed by atoms with van der Waals surface area (Å²) in [4.78, 5) is 2.51. The molecule has 0 aromatic carbocycles. The van der Waals surface area contributed by atoms with E-state index in [1.165, 1.54) is 38.5 Å². The van der Waals surface area contributed by atoms with Crippen molar-refractivity contribution in [3.05, 3.63) is 0 Å². The molecule has 0 radical (unpaired) electrons. The van der Waals surface area contributed by atoms with Crippen molar-refractivity contribution in [2.24, 2.45) is 5.92 Å². The normalized spacial score (nSPS) is 33.3. The molecule has 3 atom stereocenters. The van der Waals surface area contributed by atoms with Crippen LogP contribution in [0.15, 0.2) is 0 Å². The van der Waals surface area contributed by atoms with Crippen LogP contribution in [-0.2, 0) is 4.74 Å². The Balaban J connectivity index is 1.96. The van der Waals surface area contributed by atoms with Gasteiger partial charge in [0.1, 0.15) is 0 Å². The molecular weight excluding hydrogens is 224 g/mol. The molecule has 2 aliphatic rings. The highest BCUT2D eigenvalue weighted by Gasteiger charge is 2.30. The zero-order valence-electron chi connectivity index (χ0n) is 11.6. The van der Waals surface area contributed by atoms with Crippen molar-refractivity contribution in [3.8, 4) is 6.07 Å². The van der Waals surface area contributed by atoms with Gasteiger partial charge in [0.15, 0.2) is 0 Å². The predicted molar refractivity (Wildman–Crippen MR) is 72.2 cm³/mol. The second-order valence-electron chi connectivity index (χ2n) is 5.66. The molecule has 1 aliphatic carbocycles. The molecular formula is C15H26N2O. The second-order valence-corrected chi connectivity index (χ2v) is 5.66. The van der Waals surface area contributed by atoms with Gasteiger partial charge in [0.2, 0.25) is 0 Å². The van der Waals surface area contributed by atoms with Gasteiger partial charge in [0.25, 0.3) is 0 Å². The van der Waals surface area contributed by atoms with Crippen LogP contribution in [0.3, 0.4) is 0 Å². The van der Waals surface area contributed by atoms with Gasteiger partial charge in [-0.05, 0) is 32.2 Å². The Hall–Kier alpha value is -0.590. The second kappa shape index (κ2) is 7.11. The molecule has 2 rings (SSSR count). The fraction of sp³-hybridized carbons (Fsp3) is 0.933. The van der Waals surface area contributed by atoms with Crippen LogP contribution in [0.2, 0.25) is 0 Å². The highest BCUT2D eigenvalue weighted by molar-refractivity contribution is 4.95. The SMILES string of the molecule is CCN(CC1CCCO1)C1CCCCCC1C#N. The number of rotatable bonds is 4. The van der Waals surface area contributed by atoms with Gasteiger partial charge in [-0.3, -0.25) is 4.90 Å². The third kappa shape index (κ3) is 3.46. The van der Waals surface area contributed by atoms with E-state index >= 15 is 0 Å². The number of ether oxygens (including phenoxy) is 1. The highest BCUT2D eigenvalue weighted by Crippen LogP contribution is 2.28. The van der Waals surface area contributed by atoms with Crippen LogP contribution in [0.4, 0.5) is 0 Å². The summed E-state index contributed by atoms with van der Waals surface area (Å²) in [6, 6.07) is 3.02. The van der Waals surface area contributed by atoms with Crippen LogP contribution >= 0.6 is 0 Å². The lowest BCUT2D eigenvalue weighted by molar-refractivity contribution is 0.0495. The number of nitriles is 1. The average Bonchev–Trinajstić information content (AvgIpc) is 2.79. The molecule has 2 fully saturated rings. The van der Waals surface area contributed by atoms with Gasteiger partial charge in [-0.2, -0.15) is 5.26 Å². The Morgan fingerprint density at radius 1 is 1.17 bits per heavy atom. The highest BCUT2D eigenvalue weighted by atomic mass is 16.5. The van der Waals surface area contributed by atoms with Gasteiger partial charge < -0.3 is 4.74 Å². The van der Waals surface area contributed by atoms with Crippen LogP contribution < -0.4 is 0 Å². The monoisotopic (exact) mass is 250 g/mol. The third-order valence-corrected chi connectivity index (χ3v) is 4.48. The van der Waals surface area contributed by atoms with E-state index < -0.39 is 0 Å². The Kier molecular flexibility index (Phi) is 5.46. The fourth-order valence-electron chi connectivity index (χ4n) is 3.42. The lowest BCUT2D eigenvalue weighted by Crippen LogP contribution is -2.43. The summed E-state index contributed by atoms with van der Waals surface area (Å²) in [5.41, 5.74) is 0. The van der Waals surface area contributed by atoms with Crippen molar-refractivity contribution in [2.75, 3.05) is 19.7 Å². The third-order valence-electron chi connectivity index (χ3n) is 4.48. The van der Waals surface area contributed by atoms with Crippen LogP contribution in [0.5, 0.6) is 0 Å². The van der Waals surface area contributed by atoms with E-state index in [9.17, 15) is 5.26 Å². The van der Waals surface area contributed by atoms with Crippen LogP contribution in [-0.4, -0.2) is 36.7 Å². The number of hydrogen-bond acceptors (Lipinski definition) is 3. The molecule has 0 aromatic rings. The Morgan fingerprint density at radius 3 is 2.67 bits per heavy atom. The largest absolute Gasteiger partial charge is 0.377 e. The molecule has 18 heavy (non-hydrogen) atoms. The van der Waals surface area contributed by atoms with Gasteiger partial charge in [0, 0.05) is 19.2 Å². The molecule has 3 heteroatoms. The molecule has 102 valence electrons. The summed E-state index contributed by atoms with van der Waals surface area (Å²) in [5, 5.41) is 9.38. The van der Waals surface area contributed by atoms with Gasteiger partial charge >= 0.3 is 0 Å². The minimum Gasteiger partial charge on any atom is -0.377 e. The molecule has 0 N–H and O–H groups in total. The van der Waals surface area contributed by atoms with E-state index in [0.29, 0.717) is 12.1 Å². The molecule has 3 nitrogen and oxygen atoms in total. The zero-order chi connectivity index (χ0) is 12.8. The Bertz CT molecular complexity index is 281. The minimum absolute atomic E-state index is 0.230. The van der Waals surface area contributed by atoms with E-state index in [1.54, 1.807) is 0 Å². The van der Waals surface area contributed by atoms with Crippen LogP contribution in [0.25, 0.3) is 0 Å². The van der Waals surface area contributed by atoms with Crippen molar-refractivity contribution in [1.82, 2.24) is 4.90 Å². The average molecular weight is 250 g/mol. The van der Waals surface area contributed by atoms with E-state index in [4.69, 9.17) is 4.74 Å². The van der Waals surface area contributed by atoms with E-state index in [2.05, 4.69) is 17.9 Å². The van der Waals surface area contributed by atoms with Gasteiger partial charge in [-0.25, -0.2) is 0 Å². The van der Waals surface area contributed by atoms with E-state index in [-0.39, 0.29) is 5.92 Å². The van der Waals surface area contributed by atoms with Crippen LogP contribution in [0, 0.1) is 17.2 Å². The molecule has 1 saturated carbocycles. The maximum absolute atomic E-state index is 9.38. The summed E-state index contributed by atoms with van der Waals surface area (Å²) >= 11 is 0. The summed E-state index contributed by atoms with van der Waals surface area (Å²) in [5.74, 6) is 0.230. The number of nitrogens with zero attached hydrogens (tertiary/aromatic N) is 2. The van der Waals surface area contributed by atoms with Crippen LogP contribution in [0.1, 0.15) is 51.9 Å². The first-order chi connectivity index (χ1) is 8.85. The molecule has 1 heterocycles. The van der Waals surface area contributed by atoms with Crippen molar-refractivity contribution < 1.29 is 4.74 Å². The summed E-state index contributed by atoms with van der Waals surface area (Å²) in [6.45, 7) is 5.21. The first-order valence-corrected chi connectivity index (χ1v) is 7.60. The Morgan fingerprint density at radius 2 is 2.00 bits per heavy atom. The zero-order valence-corrected chi connectivity index (χ0v) is 11.6. The molecule has 1 aliphatic heterocycles. The van der Waals surface area contributed by atoms with Gasteiger partial charge in [-0.15, -0.1) is 0 Å². The molecule has 0 bridgehead atoms. The molecule has 0 amide bonds. The van der Waals surface area contributed by atoms with Crippen molar-refractivity contribution in [1.29, 1.82) is 5.26 Å². The van der Waals surface area contributed by atoms with E-state index in [1.807, 2.05) is 0 Å². The number of likely N-dealkylation sites (N-methyl/N-ethyl adjacent to an activating group) is 1. The summed E-state index contributed by atoms with van der Waals surface area (Å²) in [6.07, 6.45) is 8.90. The maximum Gasteiger partial charge on any atom is 0.0702 e. The standard InChI is InChI=1S/C15H26N2O/c1-2-17(12-14-8-6-10-18-14)15-9-5-3-4-7-13(15)11-16/h13-15H,2-10,12H2,1H3. The van der Waals surface area contributed by atoms with Gasteiger partial charge in [-0.1, -0.05) is 26.2 Å². The Labute approximate surface area is 111 Å². The molecule has 0 spiro atoms. The van der Waals surface area contributed by atoms with E-state index in [0.717, 1.165) is 26.1 Å².